The zero-order chi connectivity index (χ0) is 22.5. The van der Waals surface area contributed by atoms with E-state index in [1.54, 1.807) is 0 Å². The molecule has 1 saturated heterocycles. The number of fused-ring (bicyclic) bond motifs is 1. The molecular weight excluding hydrogens is 422 g/mol. The van der Waals surface area contributed by atoms with Crippen molar-refractivity contribution in [1.29, 1.82) is 0 Å². The first-order valence-corrected chi connectivity index (χ1v) is 11.6. The number of azo groups is 1. The van der Waals surface area contributed by atoms with Crippen LogP contribution in [0.15, 0.2) is 52.7 Å². The molecule has 0 radical (unpaired) electrons. The number of aromatic nitrogens is 1. The van der Waals surface area contributed by atoms with E-state index in [2.05, 4.69) is 47.6 Å². The SMILES string of the molecule is CCc1cccc(CC)c1NC(=S)N=Nc1c(O)n(C[NH+]2CCOCC2)c2ccccc12. The number of benzene rings is 2. The number of aromatic hydroxyl groups is 1. The monoisotopic (exact) mass is 452 g/mol. The van der Waals surface area contributed by atoms with Gasteiger partial charge in [-0.2, -0.15) is 0 Å². The largest absolute Gasteiger partial charge is 0.493 e. The summed E-state index contributed by atoms with van der Waals surface area (Å²) in [5.74, 6) is 0.111. The van der Waals surface area contributed by atoms with Gasteiger partial charge in [-0.05, 0) is 42.3 Å². The first-order valence-electron chi connectivity index (χ1n) is 11.2. The van der Waals surface area contributed by atoms with Crippen molar-refractivity contribution in [1.82, 2.24) is 4.57 Å². The van der Waals surface area contributed by atoms with Crippen molar-refractivity contribution >= 4 is 39.6 Å². The van der Waals surface area contributed by atoms with E-state index < -0.39 is 0 Å². The molecule has 0 spiro atoms. The number of nitrogens with zero attached hydrogens (tertiary/aromatic N) is 3. The highest BCUT2D eigenvalue weighted by atomic mass is 32.1. The number of nitrogens with one attached hydrogen (secondary N) is 2. The number of para-hydroxylation sites is 2. The van der Waals surface area contributed by atoms with Gasteiger partial charge < -0.3 is 20.1 Å². The van der Waals surface area contributed by atoms with Crippen LogP contribution in [-0.2, 0) is 24.2 Å². The molecule has 2 heterocycles. The number of morpholine rings is 1. The van der Waals surface area contributed by atoms with Crippen LogP contribution in [0.5, 0.6) is 5.88 Å². The number of ether oxygens (including phenoxy) is 1. The van der Waals surface area contributed by atoms with Crippen molar-refractivity contribution in [3.63, 3.8) is 0 Å². The lowest BCUT2D eigenvalue weighted by atomic mass is 10.0. The lowest BCUT2D eigenvalue weighted by molar-refractivity contribution is -0.930. The Balaban J connectivity index is 1.60. The van der Waals surface area contributed by atoms with Gasteiger partial charge in [-0.15, -0.1) is 10.2 Å². The van der Waals surface area contributed by atoms with E-state index in [0.717, 1.165) is 55.7 Å². The van der Waals surface area contributed by atoms with Gasteiger partial charge in [-0.1, -0.05) is 50.2 Å². The molecule has 0 atom stereocenters. The van der Waals surface area contributed by atoms with Crippen molar-refractivity contribution in [2.24, 2.45) is 10.2 Å². The summed E-state index contributed by atoms with van der Waals surface area (Å²) in [6.07, 6.45) is 1.79. The van der Waals surface area contributed by atoms with Gasteiger partial charge in [-0.25, -0.2) is 0 Å². The van der Waals surface area contributed by atoms with Crippen molar-refractivity contribution < 1.29 is 14.7 Å². The van der Waals surface area contributed by atoms with E-state index in [-0.39, 0.29) is 11.0 Å². The van der Waals surface area contributed by atoms with Crippen LogP contribution in [0.2, 0.25) is 0 Å². The molecule has 7 nitrogen and oxygen atoms in total. The van der Waals surface area contributed by atoms with Gasteiger partial charge in [0.05, 0.1) is 18.7 Å². The Bertz CT molecular complexity index is 1110. The molecule has 1 aromatic heterocycles. The van der Waals surface area contributed by atoms with E-state index in [1.807, 2.05) is 28.8 Å². The maximum Gasteiger partial charge on any atom is 0.225 e. The molecule has 0 bridgehead atoms. The standard InChI is InChI=1S/C24H29N5O2S/c1-3-17-8-7-9-18(4-2)21(17)25-24(32)27-26-22-19-10-5-6-11-20(19)29(23(22)30)16-28-12-14-31-15-13-28/h5-11,30H,3-4,12-16H2,1-2H3,(H,25,32)/p+1. The zero-order valence-corrected chi connectivity index (χ0v) is 19.4. The number of anilines is 1. The predicted molar refractivity (Wildman–Crippen MR) is 131 cm³/mol. The van der Waals surface area contributed by atoms with Crippen LogP contribution in [0, 0.1) is 0 Å². The zero-order valence-electron chi connectivity index (χ0n) is 18.6. The highest BCUT2D eigenvalue weighted by Crippen LogP contribution is 2.38. The van der Waals surface area contributed by atoms with Crippen molar-refractivity contribution in [3.8, 4) is 5.88 Å². The van der Waals surface area contributed by atoms with E-state index in [1.165, 1.54) is 16.0 Å². The van der Waals surface area contributed by atoms with Crippen LogP contribution in [0.1, 0.15) is 25.0 Å². The Morgan fingerprint density at radius 3 is 2.47 bits per heavy atom. The molecule has 1 aliphatic heterocycles. The molecule has 2 aromatic carbocycles. The molecular formula is C24H30N5O2S+. The Kier molecular flexibility index (Phi) is 7.14. The van der Waals surface area contributed by atoms with Gasteiger partial charge in [0.2, 0.25) is 11.0 Å². The van der Waals surface area contributed by atoms with E-state index in [0.29, 0.717) is 12.4 Å². The summed E-state index contributed by atoms with van der Waals surface area (Å²) in [5.41, 5.74) is 4.76. The van der Waals surface area contributed by atoms with Gasteiger partial charge in [0.15, 0.2) is 12.4 Å². The first-order chi connectivity index (χ1) is 15.6. The summed E-state index contributed by atoms with van der Waals surface area (Å²) in [4.78, 5) is 1.36. The minimum Gasteiger partial charge on any atom is -0.493 e. The van der Waals surface area contributed by atoms with E-state index in [9.17, 15) is 5.11 Å². The van der Waals surface area contributed by atoms with Gasteiger partial charge in [0, 0.05) is 11.1 Å². The average Bonchev–Trinajstić information content (AvgIpc) is 3.09. The summed E-state index contributed by atoms with van der Waals surface area (Å²) < 4.78 is 7.36. The quantitative estimate of drug-likeness (QED) is 0.393. The van der Waals surface area contributed by atoms with Crippen molar-refractivity contribution in [3.05, 3.63) is 53.6 Å². The van der Waals surface area contributed by atoms with E-state index >= 15 is 0 Å². The molecule has 4 rings (SSSR count). The molecule has 3 N–H and O–H groups in total. The molecule has 3 aromatic rings. The lowest BCUT2D eigenvalue weighted by Crippen LogP contribution is -3.13. The van der Waals surface area contributed by atoms with Crippen LogP contribution in [0.3, 0.4) is 0 Å². The maximum atomic E-state index is 11.0. The van der Waals surface area contributed by atoms with Crippen LogP contribution in [-0.4, -0.2) is 41.1 Å². The third-order valence-corrected chi connectivity index (χ3v) is 6.15. The fourth-order valence-electron chi connectivity index (χ4n) is 4.20. The normalized spacial score (nSPS) is 14.9. The molecule has 32 heavy (non-hydrogen) atoms. The molecule has 0 amide bonds. The fraction of sp³-hybridized carbons (Fsp3) is 0.375. The predicted octanol–water partition coefficient (Wildman–Crippen LogP) is 3.83. The Hall–Kier alpha value is -2.81. The van der Waals surface area contributed by atoms with Crippen LogP contribution in [0.4, 0.5) is 11.4 Å². The number of rotatable bonds is 6. The van der Waals surface area contributed by atoms with Crippen LogP contribution >= 0.6 is 12.2 Å². The first kappa shape index (κ1) is 22.4. The van der Waals surface area contributed by atoms with Gasteiger partial charge in [-0.3, -0.25) is 4.57 Å². The lowest BCUT2D eigenvalue weighted by Gasteiger charge is -2.24. The molecule has 8 heteroatoms. The molecule has 0 unspecified atom stereocenters. The summed E-state index contributed by atoms with van der Waals surface area (Å²) in [5, 5.41) is 24.0. The third kappa shape index (κ3) is 4.67. The summed E-state index contributed by atoms with van der Waals surface area (Å²) in [6, 6.07) is 14.1. The third-order valence-electron chi connectivity index (χ3n) is 5.97. The van der Waals surface area contributed by atoms with Crippen LogP contribution in [0.25, 0.3) is 10.9 Å². The Labute approximate surface area is 193 Å². The molecule has 1 fully saturated rings. The van der Waals surface area contributed by atoms with Crippen molar-refractivity contribution in [2.45, 2.75) is 33.4 Å². The molecule has 1 aliphatic rings. The molecule has 168 valence electrons. The van der Waals surface area contributed by atoms with Gasteiger partial charge in [0.1, 0.15) is 13.1 Å². The molecule has 0 saturated carbocycles. The topological polar surface area (TPSA) is 75.6 Å². The van der Waals surface area contributed by atoms with Gasteiger partial charge in [0.25, 0.3) is 0 Å². The minimum atomic E-state index is 0.111. The number of quaternary nitrogens is 1. The second kappa shape index (κ2) is 10.2. The Morgan fingerprint density at radius 1 is 1.09 bits per heavy atom. The fourth-order valence-corrected chi connectivity index (χ4v) is 4.35. The highest BCUT2D eigenvalue weighted by Gasteiger charge is 2.21. The number of thiocarbonyl (C=S) groups is 1. The van der Waals surface area contributed by atoms with Crippen LogP contribution < -0.4 is 10.2 Å². The average molecular weight is 453 g/mol. The maximum absolute atomic E-state index is 11.0. The number of aryl methyl sites for hydroxylation is 2. The Morgan fingerprint density at radius 2 is 1.78 bits per heavy atom. The molecule has 0 aliphatic carbocycles. The van der Waals surface area contributed by atoms with Crippen molar-refractivity contribution in [2.75, 3.05) is 31.6 Å². The summed E-state index contributed by atoms with van der Waals surface area (Å²) >= 11 is 5.48. The summed E-state index contributed by atoms with van der Waals surface area (Å²) in [6.45, 7) is 8.18. The summed E-state index contributed by atoms with van der Waals surface area (Å²) in [7, 11) is 0. The van der Waals surface area contributed by atoms with Gasteiger partial charge >= 0.3 is 0 Å². The second-order valence-corrected chi connectivity index (χ2v) is 8.31. The highest BCUT2D eigenvalue weighted by molar-refractivity contribution is 7.80. The number of hydrogen-bond donors (Lipinski definition) is 3. The van der Waals surface area contributed by atoms with E-state index in [4.69, 9.17) is 17.0 Å². The minimum absolute atomic E-state index is 0.111. The second-order valence-electron chi connectivity index (χ2n) is 7.93. The number of hydrogen-bond acceptors (Lipinski definition) is 4. The smallest absolute Gasteiger partial charge is 0.225 e.